The van der Waals surface area contributed by atoms with E-state index in [-0.39, 0.29) is 10.8 Å². The first-order chi connectivity index (χ1) is 15.4. The standard InChI is InChI=1S/C23H24ClFN4O3/c1-2-27-8-3-9-28(11-10-27)16-5-7-20-17(13-16)23(32)29(14-21(30)31)22(26-20)15-4-6-19(25)18(24)12-15/h4-7,12-13H,2-3,8-11,14H2,1H3,(H,30,31). The lowest BCUT2D eigenvalue weighted by atomic mass is 10.1. The fourth-order valence-electron chi connectivity index (χ4n) is 4.09. The molecule has 1 N–H and O–H groups in total. The molecule has 32 heavy (non-hydrogen) atoms. The molecule has 0 unspecified atom stereocenters. The molecule has 1 fully saturated rings. The van der Waals surface area contributed by atoms with E-state index in [1.807, 2.05) is 6.07 Å². The molecule has 0 atom stereocenters. The molecule has 1 saturated heterocycles. The average Bonchev–Trinajstić information content (AvgIpc) is 3.03. The number of halogens is 2. The zero-order chi connectivity index (χ0) is 22.8. The number of nitrogens with zero attached hydrogens (tertiary/aromatic N) is 4. The Kier molecular flexibility index (Phi) is 6.43. The van der Waals surface area contributed by atoms with Crippen LogP contribution in [0.5, 0.6) is 0 Å². The van der Waals surface area contributed by atoms with E-state index in [2.05, 4.69) is 21.7 Å². The minimum Gasteiger partial charge on any atom is -0.480 e. The van der Waals surface area contributed by atoms with Gasteiger partial charge in [-0.1, -0.05) is 18.5 Å². The SMILES string of the molecule is CCN1CCCN(c2ccc3nc(-c4ccc(F)c(Cl)c4)n(CC(=O)O)c(=O)c3c2)CC1. The van der Waals surface area contributed by atoms with E-state index in [9.17, 15) is 19.1 Å². The van der Waals surface area contributed by atoms with Gasteiger partial charge in [0.15, 0.2) is 0 Å². The van der Waals surface area contributed by atoms with Crippen molar-refractivity contribution in [2.45, 2.75) is 19.9 Å². The van der Waals surface area contributed by atoms with Gasteiger partial charge in [0.05, 0.1) is 15.9 Å². The molecule has 1 aromatic heterocycles. The van der Waals surface area contributed by atoms with E-state index in [4.69, 9.17) is 11.6 Å². The highest BCUT2D eigenvalue weighted by Gasteiger charge is 2.19. The summed E-state index contributed by atoms with van der Waals surface area (Å²) in [6.45, 7) is 6.30. The molecule has 7 nitrogen and oxygen atoms in total. The normalized spacial score (nSPS) is 15.2. The van der Waals surface area contributed by atoms with Crippen LogP contribution < -0.4 is 10.5 Å². The highest BCUT2D eigenvalue weighted by molar-refractivity contribution is 6.31. The Morgan fingerprint density at radius 3 is 2.69 bits per heavy atom. The fraction of sp³-hybridized carbons (Fsp3) is 0.348. The highest BCUT2D eigenvalue weighted by atomic mass is 35.5. The van der Waals surface area contributed by atoms with Crippen LogP contribution in [0.3, 0.4) is 0 Å². The predicted molar refractivity (Wildman–Crippen MR) is 123 cm³/mol. The Labute approximate surface area is 189 Å². The Hall–Kier alpha value is -2.97. The summed E-state index contributed by atoms with van der Waals surface area (Å²) in [7, 11) is 0. The number of aromatic nitrogens is 2. The first-order valence-corrected chi connectivity index (χ1v) is 10.9. The van der Waals surface area contributed by atoms with Crippen LogP contribution in [0, 0.1) is 5.82 Å². The Morgan fingerprint density at radius 1 is 1.16 bits per heavy atom. The number of aliphatic carboxylic acids is 1. The summed E-state index contributed by atoms with van der Waals surface area (Å²) in [5.41, 5.74) is 1.27. The third-order valence-corrected chi connectivity index (χ3v) is 6.10. The van der Waals surface area contributed by atoms with Gasteiger partial charge in [-0.2, -0.15) is 0 Å². The molecule has 4 rings (SSSR count). The number of anilines is 1. The van der Waals surface area contributed by atoms with Gasteiger partial charge in [-0.25, -0.2) is 9.37 Å². The van der Waals surface area contributed by atoms with Crippen LogP contribution in [-0.4, -0.2) is 58.3 Å². The van der Waals surface area contributed by atoms with E-state index in [0.717, 1.165) is 49.4 Å². The maximum absolute atomic E-state index is 13.6. The molecule has 168 valence electrons. The van der Waals surface area contributed by atoms with E-state index in [1.54, 1.807) is 12.1 Å². The summed E-state index contributed by atoms with van der Waals surface area (Å²) in [5, 5.41) is 9.60. The Balaban J connectivity index is 1.81. The van der Waals surface area contributed by atoms with E-state index in [1.165, 1.54) is 18.2 Å². The summed E-state index contributed by atoms with van der Waals surface area (Å²) in [5.74, 6) is -1.65. The lowest BCUT2D eigenvalue weighted by Crippen LogP contribution is -2.31. The number of carbonyl (C=O) groups is 1. The minimum atomic E-state index is -1.17. The van der Waals surface area contributed by atoms with Gasteiger partial charge in [0.2, 0.25) is 0 Å². The van der Waals surface area contributed by atoms with Gasteiger partial charge in [0.25, 0.3) is 5.56 Å². The van der Waals surface area contributed by atoms with Crippen molar-refractivity contribution in [3.8, 4) is 11.4 Å². The number of carboxylic acid groups (broad SMARTS) is 1. The first kappa shape index (κ1) is 22.2. The second-order valence-corrected chi connectivity index (χ2v) is 8.23. The molecule has 0 amide bonds. The summed E-state index contributed by atoms with van der Waals surface area (Å²) in [4.78, 5) is 34.0. The fourth-order valence-corrected chi connectivity index (χ4v) is 4.27. The second kappa shape index (κ2) is 9.26. The first-order valence-electron chi connectivity index (χ1n) is 10.6. The smallest absolute Gasteiger partial charge is 0.323 e. The van der Waals surface area contributed by atoms with Crippen molar-refractivity contribution in [2.24, 2.45) is 0 Å². The quantitative estimate of drug-likeness (QED) is 0.630. The van der Waals surface area contributed by atoms with Crippen molar-refractivity contribution in [1.82, 2.24) is 14.5 Å². The summed E-state index contributed by atoms with van der Waals surface area (Å²) >= 11 is 5.91. The number of benzene rings is 2. The zero-order valence-corrected chi connectivity index (χ0v) is 18.5. The summed E-state index contributed by atoms with van der Waals surface area (Å²) < 4.78 is 14.7. The van der Waals surface area contributed by atoms with Crippen molar-refractivity contribution in [3.05, 3.63) is 57.6 Å². The molecular formula is C23H24ClFN4O3. The van der Waals surface area contributed by atoms with Crippen molar-refractivity contribution >= 4 is 34.2 Å². The summed E-state index contributed by atoms with van der Waals surface area (Å²) in [6.07, 6.45) is 1.03. The number of hydrogen-bond acceptors (Lipinski definition) is 5. The molecule has 9 heteroatoms. The van der Waals surface area contributed by atoms with Crippen LogP contribution >= 0.6 is 11.6 Å². The van der Waals surface area contributed by atoms with E-state index < -0.39 is 23.9 Å². The largest absolute Gasteiger partial charge is 0.480 e. The van der Waals surface area contributed by atoms with Crippen LogP contribution in [0.4, 0.5) is 10.1 Å². The number of hydrogen-bond donors (Lipinski definition) is 1. The maximum atomic E-state index is 13.6. The van der Waals surface area contributed by atoms with Gasteiger partial charge in [-0.15, -0.1) is 0 Å². The highest BCUT2D eigenvalue weighted by Crippen LogP contribution is 2.26. The summed E-state index contributed by atoms with van der Waals surface area (Å²) in [6, 6.07) is 9.42. The average molecular weight is 459 g/mol. The molecule has 0 spiro atoms. The molecule has 2 aromatic carbocycles. The minimum absolute atomic E-state index is 0.128. The van der Waals surface area contributed by atoms with Crippen molar-refractivity contribution in [1.29, 1.82) is 0 Å². The molecule has 3 aromatic rings. The molecule has 1 aliphatic rings. The van der Waals surface area contributed by atoms with Gasteiger partial charge in [0, 0.05) is 30.9 Å². The molecule has 0 radical (unpaired) electrons. The monoisotopic (exact) mass is 458 g/mol. The number of fused-ring (bicyclic) bond motifs is 1. The van der Waals surface area contributed by atoms with Gasteiger partial charge in [-0.3, -0.25) is 14.2 Å². The lowest BCUT2D eigenvalue weighted by molar-refractivity contribution is -0.137. The third-order valence-electron chi connectivity index (χ3n) is 5.81. The molecule has 0 bridgehead atoms. The van der Waals surface area contributed by atoms with E-state index in [0.29, 0.717) is 16.5 Å². The maximum Gasteiger partial charge on any atom is 0.323 e. The van der Waals surface area contributed by atoms with Crippen LogP contribution in [0.15, 0.2) is 41.2 Å². The topological polar surface area (TPSA) is 78.7 Å². The van der Waals surface area contributed by atoms with Crippen LogP contribution in [-0.2, 0) is 11.3 Å². The lowest BCUT2D eigenvalue weighted by Gasteiger charge is -2.23. The van der Waals surface area contributed by atoms with Crippen LogP contribution in [0.25, 0.3) is 22.3 Å². The van der Waals surface area contributed by atoms with Gasteiger partial charge < -0.3 is 14.9 Å². The number of carboxylic acids is 1. The van der Waals surface area contributed by atoms with Gasteiger partial charge in [0.1, 0.15) is 18.2 Å². The second-order valence-electron chi connectivity index (χ2n) is 7.83. The van der Waals surface area contributed by atoms with Crippen molar-refractivity contribution < 1.29 is 14.3 Å². The van der Waals surface area contributed by atoms with Crippen LogP contribution in [0.2, 0.25) is 5.02 Å². The molecular weight excluding hydrogens is 435 g/mol. The zero-order valence-electron chi connectivity index (χ0n) is 17.7. The molecule has 2 heterocycles. The number of rotatable bonds is 5. The number of likely N-dealkylation sites (N-methyl/N-ethyl adjacent to an activating group) is 1. The van der Waals surface area contributed by atoms with Crippen molar-refractivity contribution in [3.63, 3.8) is 0 Å². The molecule has 0 saturated carbocycles. The van der Waals surface area contributed by atoms with Gasteiger partial charge >= 0.3 is 5.97 Å². The van der Waals surface area contributed by atoms with E-state index >= 15 is 0 Å². The third kappa shape index (κ3) is 4.47. The molecule has 1 aliphatic heterocycles. The van der Waals surface area contributed by atoms with Gasteiger partial charge in [-0.05, 0) is 55.9 Å². The van der Waals surface area contributed by atoms with Crippen LogP contribution in [0.1, 0.15) is 13.3 Å². The van der Waals surface area contributed by atoms with Crippen molar-refractivity contribution in [2.75, 3.05) is 37.6 Å². The Bertz CT molecular complexity index is 1230. The molecule has 0 aliphatic carbocycles. The predicted octanol–water partition coefficient (Wildman–Crippen LogP) is 3.47. The Morgan fingerprint density at radius 2 is 1.97 bits per heavy atom.